The number of carbonyl (C=O) groups excluding carboxylic acids is 1. The molecule has 1 aliphatic carbocycles. The van der Waals surface area contributed by atoms with E-state index in [-0.39, 0.29) is 5.41 Å². The van der Waals surface area contributed by atoms with Gasteiger partial charge < -0.3 is 4.79 Å². The number of hydrogen-bond donors (Lipinski definition) is 0. The molecule has 2 heteroatoms. The molecule has 68 valence electrons. The molecule has 2 rings (SSSR count). The maximum absolute atomic E-state index is 10.8. The van der Waals surface area contributed by atoms with E-state index in [1.165, 1.54) is 5.56 Å². The van der Waals surface area contributed by atoms with E-state index in [0.717, 1.165) is 31.2 Å². The van der Waals surface area contributed by atoms with E-state index < -0.39 is 0 Å². The Morgan fingerprint density at radius 1 is 1.62 bits per heavy atom. The van der Waals surface area contributed by atoms with Gasteiger partial charge in [-0.15, -0.1) is 0 Å². The second kappa shape index (κ2) is 2.95. The maximum Gasteiger partial charge on any atom is 0.126 e. The fourth-order valence-electron chi connectivity index (χ4n) is 1.62. The van der Waals surface area contributed by atoms with Crippen LogP contribution in [0, 0.1) is 12.3 Å². The van der Waals surface area contributed by atoms with E-state index in [2.05, 4.69) is 11.1 Å². The molecule has 1 saturated carbocycles. The van der Waals surface area contributed by atoms with E-state index in [1.807, 2.05) is 19.2 Å². The van der Waals surface area contributed by atoms with Crippen LogP contribution < -0.4 is 0 Å². The number of carbonyl (C=O) groups is 1. The van der Waals surface area contributed by atoms with Gasteiger partial charge in [-0.2, -0.15) is 0 Å². The minimum absolute atomic E-state index is 0.0200. The summed E-state index contributed by atoms with van der Waals surface area (Å²) < 4.78 is 0. The first-order valence-electron chi connectivity index (χ1n) is 4.62. The first-order chi connectivity index (χ1) is 6.24. The highest BCUT2D eigenvalue weighted by Crippen LogP contribution is 2.46. The number of pyridine rings is 1. The molecule has 1 fully saturated rings. The zero-order valence-corrected chi connectivity index (χ0v) is 7.79. The highest BCUT2D eigenvalue weighted by molar-refractivity contribution is 5.64. The Labute approximate surface area is 78.0 Å². The minimum Gasteiger partial charge on any atom is -0.303 e. The molecule has 0 bridgehead atoms. The Hall–Kier alpha value is -1.18. The molecule has 0 spiro atoms. The molecule has 1 aliphatic rings. The minimum atomic E-state index is -0.0200. The van der Waals surface area contributed by atoms with Crippen LogP contribution in [0.5, 0.6) is 0 Å². The molecule has 0 atom stereocenters. The van der Waals surface area contributed by atoms with Gasteiger partial charge in [-0.1, -0.05) is 0 Å². The third-order valence-corrected chi connectivity index (χ3v) is 2.66. The van der Waals surface area contributed by atoms with Gasteiger partial charge >= 0.3 is 0 Å². The molecule has 13 heavy (non-hydrogen) atoms. The Morgan fingerprint density at radius 3 is 2.92 bits per heavy atom. The summed E-state index contributed by atoms with van der Waals surface area (Å²) in [5, 5.41) is 0. The Bertz CT molecular complexity index is 329. The van der Waals surface area contributed by atoms with Crippen LogP contribution in [0.3, 0.4) is 0 Å². The van der Waals surface area contributed by atoms with E-state index in [1.54, 1.807) is 0 Å². The van der Waals surface area contributed by atoms with E-state index in [9.17, 15) is 4.79 Å². The van der Waals surface area contributed by atoms with Gasteiger partial charge in [0.25, 0.3) is 0 Å². The van der Waals surface area contributed by atoms with Crippen molar-refractivity contribution in [2.24, 2.45) is 5.41 Å². The van der Waals surface area contributed by atoms with Crippen molar-refractivity contribution in [2.75, 3.05) is 0 Å². The number of rotatable bonds is 3. The van der Waals surface area contributed by atoms with Crippen LogP contribution >= 0.6 is 0 Å². The van der Waals surface area contributed by atoms with E-state index in [0.29, 0.717) is 0 Å². The zero-order chi connectivity index (χ0) is 9.31. The number of aryl methyl sites for hydroxylation is 1. The molecule has 0 unspecified atom stereocenters. The first kappa shape index (κ1) is 8.42. The lowest BCUT2D eigenvalue weighted by atomic mass is 9.98. The standard InChI is InChI=1S/C11H13NO/c1-9-6-10(2-5-12-9)7-11(8-13)3-4-11/h2,5-6,8H,3-4,7H2,1H3. The van der Waals surface area contributed by atoms with Crippen molar-refractivity contribution in [3.8, 4) is 0 Å². The molecule has 0 aliphatic heterocycles. The quantitative estimate of drug-likeness (QED) is 0.657. The van der Waals surface area contributed by atoms with Gasteiger partial charge in [0.1, 0.15) is 6.29 Å². The van der Waals surface area contributed by atoms with E-state index in [4.69, 9.17) is 0 Å². The normalized spacial score (nSPS) is 18.2. The predicted molar refractivity (Wildman–Crippen MR) is 50.4 cm³/mol. The fourth-order valence-corrected chi connectivity index (χ4v) is 1.62. The van der Waals surface area contributed by atoms with Crippen LogP contribution in [0.15, 0.2) is 18.3 Å². The van der Waals surface area contributed by atoms with Gasteiger partial charge in [0.2, 0.25) is 0 Å². The Balaban J connectivity index is 2.14. The summed E-state index contributed by atoms with van der Waals surface area (Å²) in [7, 11) is 0. The van der Waals surface area contributed by atoms with E-state index >= 15 is 0 Å². The smallest absolute Gasteiger partial charge is 0.126 e. The van der Waals surface area contributed by atoms with Gasteiger partial charge in [0.15, 0.2) is 0 Å². The van der Waals surface area contributed by atoms with Crippen LogP contribution in [-0.2, 0) is 11.2 Å². The topological polar surface area (TPSA) is 30.0 Å². The average molecular weight is 175 g/mol. The third-order valence-electron chi connectivity index (χ3n) is 2.66. The van der Waals surface area contributed by atoms with Gasteiger partial charge in [-0.3, -0.25) is 4.98 Å². The first-order valence-corrected chi connectivity index (χ1v) is 4.62. The molecule has 0 radical (unpaired) electrons. The second-order valence-corrected chi connectivity index (χ2v) is 3.96. The van der Waals surface area contributed by atoms with Crippen molar-refractivity contribution in [2.45, 2.75) is 26.2 Å². The van der Waals surface area contributed by atoms with Crippen molar-refractivity contribution in [3.63, 3.8) is 0 Å². The lowest BCUT2D eigenvalue weighted by Crippen LogP contribution is -2.06. The fraction of sp³-hybridized carbons (Fsp3) is 0.455. The monoisotopic (exact) mass is 175 g/mol. The molecule has 2 nitrogen and oxygen atoms in total. The molecule has 0 N–H and O–H groups in total. The maximum atomic E-state index is 10.8. The van der Waals surface area contributed by atoms with Crippen molar-refractivity contribution in [1.82, 2.24) is 4.98 Å². The Morgan fingerprint density at radius 2 is 2.38 bits per heavy atom. The molecular formula is C11H13NO. The van der Waals surface area contributed by atoms with Gasteiger partial charge in [-0.25, -0.2) is 0 Å². The van der Waals surface area contributed by atoms with Crippen molar-refractivity contribution >= 4 is 6.29 Å². The van der Waals surface area contributed by atoms with Gasteiger partial charge in [-0.05, 0) is 43.9 Å². The second-order valence-electron chi connectivity index (χ2n) is 3.96. The summed E-state index contributed by atoms with van der Waals surface area (Å²) in [6.07, 6.45) is 5.92. The SMILES string of the molecule is Cc1cc(CC2(C=O)CC2)ccn1. The van der Waals surface area contributed by atoms with Crippen LogP contribution in [-0.4, -0.2) is 11.3 Å². The summed E-state index contributed by atoms with van der Waals surface area (Å²) in [5.41, 5.74) is 2.24. The zero-order valence-electron chi connectivity index (χ0n) is 7.79. The number of nitrogens with zero attached hydrogens (tertiary/aromatic N) is 1. The average Bonchev–Trinajstić information content (AvgIpc) is 2.86. The molecular weight excluding hydrogens is 162 g/mol. The summed E-state index contributed by atoms with van der Waals surface area (Å²) in [6.45, 7) is 1.98. The molecule has 1 aromatic rings. The summed E-state index contributed by atoms with van der Waals surface area (Å²) in [4.78, 5) is 14.9. The molecule has 1 aromatic heterocycles. The van der Waals surface area contributed by atoms with Crippen molar-refractivity contribution in [3.05, 3.63) is 29.6 Å². The van der Waals surface area contributed by atoms with Crippen LogP contribution in [0.4, 0.5) is 0 Å². The van der Waals surface area contributed by atoms with Gasteiger partial charge in [0.05, 0.1) is 0 Å². The highest BCUT2D eigenvalue weighted by Gasteiger charge is 2.42. The van der Waals surface area contributed by atoms with Crippen LogP contribution in [0.1, 0.15) is 24.1 Å². The van der Waals surface area contributed by atoms with Crippen molar-refractivity contribution in [1.29, 1.82) is 0 Å². The van der Waals surface area contributed by atoms with Crippen molar-refractivity contribution < 1.29 is 4.79 Å². The third kappa shape index (κ3) is 1.77. The highest BCUT2D eigenvalue weighted by atomic mass is 16.1. The lowest BCUT2D eigenvalue weighted by molar-refractivity contribution is -0.112. The Kier molecular flexibility index (Phi) is 1.91. The molecule has 0 saturated heterocycles. The number of hydrogen-bond acceptors (Lipinski definition) is 2. The predicted octanol–water partition coefficient (Wildman–Crippen LogP) is 1.91. The summed E-state index contributed by atoms with van der Waals surface area (Å²) >= 11 is 0. The van der Waals surface area contributed by atoms with Crippen LogP contribution in [0.2, 0.25) is 0 Å². The van der Waals surface area contributed by atoms with Gasteiger partial charge in [0, 0.05) is 17.3 Å². The molecule has 0 amide bonds. The summed E-state index contributed by atoms with van der Waals surface area (Å²) in [5.74, 6) is 0. The lowest BCUT2D eigenvalue weighted by Gasteiger charge is -2.06. The molecule has 0 aromatic carbocycles. The number of aromatic nitrogens is 1. The largest absolute Gasteiger partial charge is 0.303 e. The number of aldehydes is 1. The molecule has 1 heterocycles. The van der Waals surface area contributed by atoms with Crippen LogP contribution in [0.25, 0.3) is 0 Å². The summed E-state index contributed by atoms with van der Waals surface area (Å²) in [6, 6.07) is 4.06.